The first-order valence-electron chi connectivity index (χ1n) is 3.61. The highest BCUT2D eigenvalue weighted by atomic mass is 127. The van der Waals surface area contributed by atoms with Crippen LogP contribution < -0.4 is 4.74 Å². The van der Waals surface area contributed by atoms with Gasteiger partial charge in [0, 0.05) is 0 Å². The molecule has 0 atom stereocenters. The van der Waals surface area contributed by atoms with Gasteiger partial charge in [-0.3, -0.25) is 0 Å². The third-order valence-electron chi connectivity index (χ3n) is 1.67. The van der Waals surface area contributed by atoms with Gasteiger partial charge in [-0.05, 0) is 34.2 Å². The second-order valence-electron chi connectivity index (χ2n) is 2.39. The average Bonchev–Trinajstić information content (AvgIpc) is 2.17. The first kappa shape index (κ1) is 10.3. The fraction of sp³-hybridized carbons (Fsp3) is 0.222. The van der Waals surface area contributed by atoms with E-state index in [9.17, 15) is 0 Å². The van der Waals surface area contributed by atoms with E-state index in [-0.39, 0.29) is 6.61 Å². The van der Waals surface area contributed by atoms with Crippen LogP contribution in [0.25, 0.3) is 0 Å². The predicted octanol–water partition coefficient (Wildman–Crippen LogP) is 1.66. The fourth-order valence-electron chi connectivity index (χ4n) is 1.01. The summed E-state index contributed by atoms with van der Waals surface area (Å²) < 4.78 is 5.86. The van der Waals surface area contributed by atoms with Gasteiger partial charge in [0.15, 0.2) is 0 Å². The quantitative estimate of drug-likeness (QED) is 0.842. The smallest absolute Gasteiger partial charge is 0.150 e. The van der Waals surface area contributed by atoms with Crippen LogP contribution in [0.1, 0.15) is 11.1 Å². The lowest BCUT2D eigenvalue weighted by molar-refractivity contribution is 0.280. The third-order valence-corrected chi connectivity index (χ3v) is 2.85. The fourth-order valence-corrected chi connectivity index (χ4v) is 1.87. The van der Waals surface area contributed by atoms with E-state index in [1.54, 1.807) is 12.1 Å². The maximum Gasteiger partial charge on any atom is 0.150 e. The van der Waals surface area contributed by atoms with Crippen LogP contribution >= 0.6 is 22.6 Å². The van der Waals surface area contributed by atoms with Crippen molar-refractivity contribution in [3.8, 4) is 11.8 Å². The Hall–Kier alpha value is -0.800. The predicted molar refractivity (Wildman–Crippen MR) is 56.3 cm³/mol. The zero-order valence-electron chi connectivity index (χ0n) is 7.04. The van der Waals surface area contributed by atoms with Gasteiger partial charge in [-0.2, -0.15) is 5.26 Å². The summed E-state index contributed by atoms with van der Waals surface area (Å²) in [6.07, 6.45) is 0. The summed E-state index contributed by atoms with van der Waals surface area (Å²) in [4.78, 5) is 0. The zero-order chi connectivity index (χ0) is 9.84. The molecule has 1 rings (SSSR count). The first-order valence-corrected chi connectivity index (χ1v) is 4.68. The molecule has 68 valence electrons. The monoisotopic (exact) mass is 289 g/mol. The van der Waals surface area contributed by atoms with Gasteiger partial charge in [0.2, 0.25) is 0 Å². The topological polar surface area (TPSA) is 53.2 Å². The molecular formula is C9H8INO2. The molecule has 0 radical (unpaired) electrons. The van der Waals surface area contributed by atoms with Gasteiger partial charge < -0.3 is 9.84 Å². The Morgan fingerprint density at radius 1 is 1.62 bits per heavy atom. The molecule has 1 N–H and O–H groups in total. The van der Waals surface area contributed by atoms with E-state index in [4.69, 9.17) is 15.1 Å². The van der Waals surface area contributed by atoms with Gasteiger partial charge in [-0.1, -0.05) is 6.07 Å². The van der Waals surface area contributed by atoms with Crippen molar-refractivity contribution in [3.63, 3.8) is 0 Å². The molecule has 0 fully saturated rings. The highest BCUT2D eigenvalue weighted by Crippen LogP contribution is 2.28. The largest absolute Gasteiger partial charge is 0.494 e. The number of rotatable bonds is 2. The van der Waals surface area contributed by atoms with Crippen LogP contribution in [0, 0.1) is 14.9 Å². The van der Waals surface area contributed by atoms with Gasteiger partial charge in [-0.15, -0.1) is 0 Å². The zero-order valence-corrected chi connectivity index (χ0v) is 9.20. The lowest BCUT2D eigenvalue weighted by atomic mass is 10.1. The molecule has 1 aromatic carbocycles. The van der Waals surface area contributed by atoms with E-state index >= 15 is 0 Å². The van der Waals surface area contributed by atoms with Crippen molar-refractivity contribution in [1.29, 1.82) is 5.26 Å². The normalized spacial score (nSPS) is 9.38. The van der Waals surface area contributed by atoms with Gasteiger partial charge in [0.1, 0.15) is 11.8 Å². The Balaban J connectivity index is 3.34. The molecule has 0 saturated carbocycles. The van der Waals surface area contributed by atoms with E-state index in [1.165, 1.54) is 7.11 Å². The van der Waals surface area contributed by atoms with Crippen LogP contribution in [0.5, 0.6) is 5.75 Å². The van der Waals surface area contributed by atoms with E-state index in [2.05, 4.69) is 22.6 Å². The van der Waals surface area contributed by atoms with Gasteiger partial charge in [0.05, 0.1) is 22.9 Å². The summed E-state index contributed by atoms with van der Waals surface area (Å²) in [5.74, 6) is 0.537. The number of nitrogens with zero attached hydrogens (tertiary/aromatic N) is 1. The molecule has 0 heterocycles. The molecule has 0 bridgehead atoms. The number of aliphatic hydroxyl groups excluding tert-OH is 1. The average molecular weight is 289 g/mol. The number of benzene rings is 1. The molecule has 0 spiro atoms. The maximum absolute atomic E-state index is 8.96. The number of hydrogen-bond donors (Lipinski definition) is 1. The van der Waals surface area contributed by atoms with Crippen LogP contribution in [0.4, 0.5) is 0 Å². The van der Waals surface area contributed by atoms with Crippen molar-refractivity contribution >= 4 is 22.6 Å². The SMILES string of the molecule is COc1c(C#N)ccc(CO)c1I. The highest BCUT2D eigenvalue weighted by molar-refractivity contribution is 14.1. The number of aliphatic hydroxyl groups is 1. The summed E-state index contributed by atoms with van der Waals surface area (Å²) >= 11 is 2.05. The molecular weight excluding hydrogens is 281 g/mol. The minimum absolute atomic E-state index is 0.0413. The maximum atomic E-state index is 8.96. The molecule has 3 nitrogen and oxygen atoms in total. The standard InChI is InChI=1S/C9H8INO2/c1-13-9-6(4-11)2-3-7(5-12)8(9)10/h2-3,12H,5H2,1H3. The van der Waals surface area contributed by atoms with Crippen LogP contribution in [0.3, 0.4) is 0 Å². The van der Waals surface area contributed by atoms with Crippen molar-refractivity contribution in [2.45, 2.75) is 6.61 Å². The minimum Gasteiger partial charge on any atom is -0.494 e. The molecule has 0 saturated heterocycles. The molecule has 0 amide bonds. The minimum atomic E-state index is -0.0413. The number of ether oxygens (including phenoxy) is 1. The van der Waals surface area contributed by atoms with Crippen LogP contribution in [0.15, 0.2) is 12.1 Å². The van der Waals surface area contributed by atoms with E-state index in [0.717, 1.165) is 9.13 Å². The second-order valence-corrected chi connectivity index (χ2v) is 3.47. The number of hydrogen-bond acceptors (Lipinski definition) is 3. The summed E-state index contributed by atoms with van der Waals surface area (Å²) in [6.45, 7) is -0.0413. The number of halogens is 1. The summed E-state index contributed by atoms with van der Waals surface area (Å²) in [5, 5.41) is 17.7. The van der Waals surface area contributed by atoms with Gasteiger partial charge in [0.25, 0.3) is 0 Å². The Morgan fingerprint density at radius 3 is 2.77 bits per heavy atom. The highest BCUT2D eigenvalue weighted by Gasteiger charge is 2.10. The molecule has 0 aliphatic carbocycles. The second kappa shape index (κ2) is 4.44. The molecule has 13 heavy (non-hydrogen) atoms. The molecule has 0 unspecified atom stereocenters. The van der Waals surface area contributed by atoms with E-state index < -0.39 is 0 Å². The number of methoxy groups -OCH3 is 1. The molecule has 0 aromatic heterocycles. The Bertz CT molecular complexity index is 357. The van der Waals surface area contributed by atoms with Crippen molar-refractivity contribution < 1.29 is 9.84 Å². The van der Waals surface area contributed by atoms with Crippen LogP contribution in [-0.2, 0) is 6.61 Å². The van der Waals surface area contributed by atoms with Crippen LogP contribution in [-0.4, -0.2) is 12.2 Å². The Morgan fingerprint density at radius 2 is 2.31 bits per heavy atom. The third kappa shape index (κ3) is 1.92. The molecule has 4 heteroatoms. The Kier molecular flexibility index (Phi) is 3.51. The number of nitriles is 1. The van der Waals surface area contributed by atoms with E-state index in [0.29, 0.717) is 11.3 Å². The Labute approximate surface area is 90.1 Å². The summed E-state index contributed by atoms with van der Waals surface area (Å²) in [7, 11) is 1.51. The van der Waals surface area contributed by atoms with Gasteiger partial charge in [-0.25, -0.2) is 0 Å². The van der Waals surface area contributed by atoms with Crippen molar-refractivity contribution in [1.82, 2.24) is 0 Å². The molecule has 0 aliphatic rings. The van der Waals surface area contributed by atoms with Crippen LogP contribution in [0.2, 0.25) is 0 Å². The molecule has 1 aromatic rings. The van der Waals surface area contributed by atoms with E-state index in [1.807, 2.05) is 6.07 Å². The summed E-state index contributed by atoms with van der Waals surface area (Å²) in [5.41, 5.74) is 1.26. The summed E-state index contributed by atoms with van der Waals surface area (Å²) in [6, 6.07) is 5.40. The lowest BCUT2D eigenvalue weighted by Crippen LogP contribution is -1.96. The van der Waals surface area contributed by atoms with Crippen molar-refractivity contribution in [2.24, 2.45) is 0 Å². The lowest BCUT2D eigenvalue weighted by Gasteiger charge is -2.08. The van der Waals surface area contributed by atoms with Crippen molar-refractivity contribution in [3.05, 3.63) is 26.8 Å². The van der Waals surface area contributed by atoms with Crippen molar-refractivity contribution in [2.75, 3.05) is 7.11 Å². The molecule has 0 aliphatic heterocycles. The first-order chi connectivity index (χ1) is 6.24. The van der Waals surface area contributed by atoms with Gasteiger partial charge >= 0.3 is 0 Å².